The molecule has 6 rings (SSSR count). The van der Waals surface area contributed by atoms with Gasteiger partial charge in [0.15, 0.2) is 5.76 Å². The van der Waals surface area contributed by atoms with Gasteiger partial charge in [-0.3, -0.25) is 14.9 Å². The number of aromatic nitrogens is 2. The van der Waals surface area contributed by atoms with Crippen molar-refractivity contribution in [2.75, 3.05) is 0 Å². The van der Waals surface area contributed by atoms with Crippen molar-refractivity contribution in [1.29, 1.82) is 0 Å². The predicted octanol–water partition coefficient (Wildman–Crippen LogP) is 7.60. The van der Waals surface area contributed by atoms with Gasteiger partial charge in [-0.1, -0.05) is 39.7 Å². The number of fused-ring (bicyclic) bond motifs is 2. The standard InChI is InChI=1S/C30H18BrClN4O5/c31-21-8-12-26-20(14-21)15-28(41-26)29-34-25-4-2-1-3-23(25)30(37)35(29)33-16-19-7-11-27(24(32)13-19)40-17-18-5-9-22(10-6-18)36(38)39/h1-16H,17H2. The minimum Gasteiger partial charge on any atom is -0.487 e. The van der Waals surface area contributed by atoms with Crippen LogP contribution in [0.2, 0.25) is 5.02 Å². The Morgan fingerprint density at radius 3 is 2.63 bits per heavy atom. The lowest BCUT2D eigenvalue weighted by Crippen LogP contribution is -2.20. The number of nitro benzene ring substituents is 1. The molecular formula is C30H18BrClN4O5. The summed E-state index contributed by atoms with van der Waals surface area (Å²) in [7, 11) is 0. The van der Waals surface area contributed by atoms with E-state index >= 15 is 0 Å². The Hall–Kier alpha value is -4.80. The topological polar surface area (TPSA) is 113 Å². The first-order valence-corrected chi connectivity index (χ1v) is 13.4. The molecule has 4 aromatic carbocycles. The van der Waals surface area contributed by atoms with Gasteiger partial charge in [0.05, 0.1) is 27.1 Å². The summed E-state index contributed by atoms with van der Waals surface area (Å²) in [4.78, 5) is 28.6. The Kier molecular flexibility index (Phi) is 7.08. The predicted molar refractivity (Wildman–Crippen MR) is 161 cm³/mol. The monoisotopic (exact) mass is 628 g/mol. The first-order chi connectivity index (χ1) is 19.9. The van der Waals surface area contributed by atoms with Crippen molar-refractivity contribution < 1.29 is 14.1 Å². The first-order valence-electron chi connectivity index (χ1n) is 12.3. The van der Waals surface area contributed by atoms with Crippen LogP contribution in [0.1, 0.15) is 11.1 Å². The fourth-order valence-corrected chi connectivity index (χ4v) is 4.85. The number of nitrogens with zero attached hydrogens (tertiary/aromatic N) is 4. The number of para-hydroxylation sites is 1. The smallest absolute Gasteiger partial charge is 0.282 e. The summed E-state index contributed by atoms with van der Waals surface area (Å²) in [5.74, 6) is 1.08. The molecule has 0 saturated heterocycles. The lowest BCUT2D eigenvalue weighted by Gasteiger charge is -2.09. The van der Waals surface area contributed by atoms with E-state index in [0.29, 0.717) is 38.6 Å². The molecule has 0 bridgehead atoms. The second kappa shape index (κ2) is 11.0. The lowest BCUT2D eigenvalue weighted by molar-refractivity contribution is -0.384. The van der Waals surface area contributed by atoms with Crippen LogP contribution in [0.3, 0.4) is 0 Å². The SMILES string of the molecule is O=c1c2ccccc2nc(-c2cc3cc(Br)ccc3o2)n1N=Cc1ccc(OCc2ccc([N+](=O)[O-])cc2)c(Cl)c1. The molecule has 2 aromatic heterocycles. The third-order valence-corrected chi connectivity index (χ3v) is 7.06. The van der Waals surface area contributed by atoms with Crippen LogP contribution in [0.5, 0.6) is 5.75 Å². The Balaban J connectivity index is 1.31. The van der Waals surface area contributed by atoms with E-state index in [0.717, 1.165) is 15.4 Å². The molecule has 11 heteroatoms. The summed E-state index contributed by atoms with van der Waals surface area (Å²) in [6, 6.07) is 25.7. The Bertz CT molecular complexity index is 2040. The zero-order valence-electron chi connectivity index (χ0n) is 21.0. The van der Waals surface area contributed by atoms with Gasteiger partial charge in [-0.05, 0) is 77.9 Å². The summed E-state index contributed by atoms with van der Waals surface area (Å²) in [5.41, 5.74) is 2.21. The number of furan rings is 1. The number of nitro groups is 1. The number of non-ortho nitro benzene ring substituents is 1. The highest BCUT2D eigenvalue weighted by Gasteiger charge is 2.17. The van der Waals surface area contributed by atoms with Gasteiger partial charge < -0.3 is 9.15 Å². The Morgan fingerprint density at radius 1 is 1.05 bits per heavy atom. The number of hydrogen-bond acceptors (Lipinski definition) is 7. The van der Waals surface area contributed by atoms with Crippen molar-refractivity contribution in [2.24, 2.45) is 5.10 Å². The molecule has 0 fully saturated rings. The van der Waals surface area contributed by atoms with Crippen LogP contribution in [0.15, 0.2) is 110 Å². The highest BCUT2D eigenvalue weighted by Crippen LogP contribution is 2.30. The molecule has 0 aliphatic carbocycles. The Labute approximate surface area is 245 Å². The first kappa shape index (κ1) is 26.4. The molecule has 0 saturated carbocycles. The van der Waals surface area contributed by atoms with E-state index in [2.05, 4.69) is 21.0 Å². The van der Waals surface area contributed by atoms with E-state index in [1.807, 2.05) is 30.3 Å². The summed E-state index contributed by atoms with van der Waals surface area (Å²) in [6.45, 7) is 0.181. The van der Waals surface area contributed by atoms with Crippen molar-refractivity contribution in [3.63, 3.8) is 0 Å². The van der Waals surface area contributed by atoms with Crippen LogP contribution < -0.4 is 10.3 Å². The van der Waals surface area contributed by atoms with Crippen molar-refractivity contribution >= 4 is 61.3 Å². The van der Waals surface area contributed by atoms with Crippen LogP contribution in [-0.4, -0.2) is 20.8 Å². The van der Waals surface area contributed by atoms with Gasteiger partial charge in [0, 0.05) is 22.0 Å². The van der Waals surface area contributed by atoms with Gasteiger partial charge in [-0.25, -0.2) is 4.98 Å². The van der Waals surface area contributed by atoms with E-state index in [4.69, 9.17) is 25.7 Å². The third-order valence-electron chi connectivity index (χ3n) is 6.27. The summed E-state index contributed by atoms with van der Waals surface area (Å²) >= 11 is 9.93. The maximum Gasteiger partial charge on any atom is 0.282 e. The zero-order valence-corrected chi connectivity index (χ0v) is 23.4. The van der Waals surface area contributed by atoms with Gasteiger partial charge in [0.25, 0.3) is 11.2 Å². The molecule has 9 nitrogen and oxygen atoms in total. The minimum absolute atomic E-state index is 0.00712. The average molecular weight is 630 g/mol. The largest absolute Gasteiger partial charge is 0.487 e. The van der Waals surface area contributed by atoms with Gasteiger partial charge >= 0.3 is 0 Å². The lowest BCUT2D eigenvalue weighted by atomic mass is 10.2. The van der Waals surface area contributed by atoms with Crippen LogP contribution in [0.25, 0.3) is 33.5 Å². The molecule has 0 unspecified atom stereocenters. The number of ether oxygens (including phenoxy) is 1. The molecule has 0 N–H and O–H groups in total. The second-order valence-electron chi connectivity index (χ2n) is 9.01. The van der Waals surface area contributed by atoms with E-state index in [9.17, 15) is 14.9 Å². The van der Waals surface area contributed by atoms with Crippen molar-refractivity contribution in [3.05, 3.63) is 132 Å². The zero-order chi connectivity index (χ0) is 28.5. The van der Waals surface area contributed by atoms with E-state index in [1.165, 1.54) is 23.0 Å². The van der Waals surface area contributed by atoms with Crippen molar-refractivity contribution in [3.8, 4) is 17.3 Å². The number of halogens is 2. The number of hydrogen-bond donors (Lipinski definition) is 0. The molecular weight excluding hydrogens is 612 g/mol. The quantitative estimate of drug-likeness (QED) is 0.102. The molecule has 0 atom stereocenters. The minimum atomic E-state index is -0.456. The fourth-order valence-electron chi connectivity index (χ4n) is 4.23. The summed E-state index contributed by atoms with van der Waals surface area (Å²) in [6.07, 6.45) is 1.51. The summed E-state index contributed by atoms with van der Waals surface area (Å²) < 4.78 is 13.9. The molecule has 0 aliphatic heterocycles. The Morgan fingerprint density at radius 2 is 1.85 bits per heavy atom. The van der Waals surface area contributed by atoms with E-state index < -0.39 is 4.92 Å². The van der Waals surface area contributed by atoms with Crippen molar-refractivity contribution in [1.82, 2.24) is 9.66 Å². The molecule has 202 valence electrons. The fraction of sp³-hybridized carbons (Fsp3) is 0.0333. The van der Waals surface area contributed by atoms with Crippen LogP contribution >= 0.6 is 27.5 Å². The van der Waals surface area contributed by atoms with Crippen LogP contribution in [0, 0.1) is 10.1 Å². The highest BCUT2D eigenvalue weighted by atomic mass is 79.9. The molecule has 0 amide bonds. The molecule has 0 spiro atoms. The van der Waals surface area contributed by atoms with E-state index in [-0.39, 0.29) is 23.7 Å². The van der Waals surface area contributed by atoms with E-state index in [1.54, 1.807) is 48.5 Å². The van der Waals surface area contributed by atoms with Crippen LogP contribution in [0.4, 0.5) is 5.69 Å². The van der Waals surface area contributed by atoms with Crippen molar-refractivity contribution in [2.45, 2.75) is 6.61 Å². The normalized spacial score (nSPS) is 11.5. The third kappa shape index (κ3) is 5.47. The molecule has 0 radical (unpaired) electrons. The van der Waals surface area contributed by atoms with Gasteiger partial charge in [0.2, 0.25) is 5.82 Å². The number of rotatable bonds is 7. The average Bonchev–Trinajstić information content (AvgIpc) is 3.39. The van der Waals surface area contributed by atoms with Gasteiger partial charge in [0.1, 0.15) is 17.9 Å². The molecule has 41 heavy (non-hydrogen) atoms. The van der Waals surface area contributed by atoms with Crippen LogP contribution in [-0.2, 0) is 6.61 Å². The van der Waals surface area contributed by atoms with Gasteiger partial charge in [-0.15, -0.1) is 0 Å². The molecule has 0 aliphatic rings. The second-order valence-corrected chi connectivity index (χ2v) is 10.3. The molecule has 2 heterocycles. The summed E-state index contributed by atoms with van der Waals surface area (Å²) in [5, 5.41) is 16.9. The number of benzene rings is 4. The maximum atomic E-state index is 13.5. The maximum absolute atomic E-state index is 13.5. The van der Waals surface area contributed by atoms with Gasteiger partial charge in [-0.2, -0.15) is 9.78 Å². The highest BCUT2D eigenvalue weighted by molar-refractivity contribution is 9.10. The molecule has 6 aromatic rings.